The van der Waals surface area contributed by atoms with E-state index in [1.54, 1.807) is 11.2 Å². The maximum atomic E-state index is 13.0. The van der Waals surface area contributed by atoms with E-state index in [1.165, 1.54) is 0 Å². The largest absolute Gasteiger partial charge is 0.327 e. The highest BCUT2D eigenvalue weighted by molar-refractivity contribution is 6.01. The molecule has 1 saturated heterocycles. The molecule has 2 heterocycles. The van der Waals surface area contributed by atoms with Crippen molar-refractivity contribution < 1.29 is 9.59 Å². The van der Waals surface area contributed by atoms with Gasteiger partial charge in [0.05, 0.1) is 0 Å². The number of hydrogen-bond donors (Lipinski definition) is 1. The molecule has 1 aromatic heterocycles. The molecule has 2 fully saturated rings. The second-order valence-corrected chi connectivity index (χ2v) is 7.11. The molecular formula is C19H23N5O2. The first-order valence-electron chi connectivity index (χ1n) is 9.22. The third-order valence-corrected chi connectivity index (χ3v) is 5.19. The molecule has 1 N–H and O–H groups in total. The van der Waals surface area contributed by atoms with Crippen molar-refractivity contribution in [2.24, 2.45) is 0 Å². The molecule has 7 nitrogen and oxygen atoms in total. The van der Waals surface area contributed by atoms with Crippen LogP contribution in [-0.2, 0) is 4.79 Å². The number of nitrogens with zero attached hydrogens (tertiary/aromatic N) is 4. The average molecular weight is 353 g/mol. The van der Waals surface area contributed by atoms with Crippen LogP contribution in [0, 0.1) is 6.92 Å². The molecule has 1 aliphatic carbocycles. The lowest BCUT2D eigenvalue weighted by Crippen LogP contribution is -2.50. The molecule has 4 rings (SSSR count). The van der Waals surface area contributed by atoms with Crippen molar-refractivity contribution in [1.29, 1.82) is 0 Å². The molecule has 0 radical (unpaired) electrons. The molecule has 1 saturated carbocycles. The van der Waals surface area contributed by atoms with Gasteiger partial charge < -0.3 is 4.90 Å². The van der Waals surface area contributed by atoms with E-state index in [4.69, 9.17) is 0 Å². The lowest BCUT2D eigenvalue weighted by Gasteiger charge is -2.35. The Morgan fingerprint density at radius 2 is 1.96 bits per heavy atom. The highest BCUT2D eigenvalue weighted by atomic mass is 16.2. The first-order valence-corrected chi connectivity index (χ1v) is 9.22. The summed E-state index contributed by atoms with van der Waals surface area (Å²) in [4.78, 5) is 27.6. The van der Waals surface area contributed by atoms with Crippen LogP contribution in [0.3, 0.4) is 0 Å². The predicted molar refractivity (Wildman–Crippen MR) is 96.8 cm³/mol. The highest BCUT2D eigenvalue weighted by Crippen LogP contribution is 2.36. The van der Waals surface area contributed by atoms with Crippen molar-refractivity contribution in [2.45, 2.75) is 51.1 Å². The number of likely N-dealkylation sites (tertiary alicyclic amines) is 1. The van der Waals surface area contributed by atoms with E-state index >= 15 is 0 Å². The van der Waals surface area contributed by atoms with Crippen molar-refractivity contribution in [3.8, 4) is 0 Å². The number of anilines is 1. The maximum absolute atomic E-state index is 13.0. The van der Waals surface area contributed by atoms with Gasteiger partial charge in [-0.1, -0.05) is 18.2 Å². The first-order chi connectivity index (χ1) is 12.6. The minimum Gasteiger partial charge on any atom is -0.327 e. The van der Waals surface area contributed by atoms with Gasteiger partial charge in [0.1, 0.15) is 12.4 Å². The molecule has 1 aromatic carbocycles. The van der Waals surface area contributed by atoms with Gasteiger partial charge in [-0.25, -0.2) is 0 Å². The molecular weight excluding hydrogens is 330 g/mol. The Morgan fingerprint density at radius 3 is 2.73 bits per heavy atom. The lowest BCUT2D eigenvalue weighted by molar-refractivity contribution is -0.121. The van der Waals surface area contributed by atoms with E-state index in [0.29, 0.717) is 30.5 Å². The molecule has 1 aliphatic heterocycles. The zero-order valence-electron chi connectivity index (χ0n) is 14.9. The standard InChI is InChI=1S/C19H23N5O2/c1-13-6-2-3-7-15(13)18(26)23-11-5-4-8-16(23)17(25)21-19-22-20-12-24(19)14-9-10-14/h2-3,6-7,12,14,16H,4-5,8-11H2,1H3,(H,21,22,25). The number of rotatable bonds is 4. The Hall–Kier alpha value is -2.70. The van der Waals surface area contributed by atoms with Crippen LogP contribution in [0.25, 0.3) is 0 Å². The number of amides is 2. The van der Waals surface area contributed by atoms with Crippen molar-refractivity contribution in [3.05, 3.63) is 41.7 Å². The Balaban J connectivity index is 1.53. The number of hydrogen-bond acceptors (Lipinski definition) is 4. The van der Waals surface area contributed by atoms with Gasteiger partial charge in [-0.3, -0.25) is 19.5 Å². The fraction of sp³-hybridized carbons (Fsp3) is 0.474. The van der Waals surface area contributed by atoms with Crippen LogP contribution in [0.1, 0.15) is 54.1 Å². The minimum absolute atomic E-state index is 0.0772. The number of aryl methyl sites for hydroxylation is 1. The molecule has 0 bridgehead atoms. The summed E-state index contributed by atoms with van der Waals surface area (Å²) >= 11 is 0. The van der Waals surface area contributed by atoms with Crippen molar-refractivity contribution >= 4 is 17.8 Å². The van der Waals surface area contributed by atoms with Crippen molar-refractivity contribution in [2.75, 3.05) is 11.9 Å². The first kappa shape index (κ1) is 16.8. The van der Waals surface area contributed by atoms with Crippen LogP contribution in [0.5, 0.6) is 0 Å². The summed E-state index contributed by atoms with van der Waals surface area (Å²) in [5.41, 5.74) is 1.59. The summed E-state index contributed by atoms with van der Waals surface area (Å²) in [7, 11) is 0. The molecule has 2 aromatic rings. The summed E-state index contributed by atoms with van der Waals surface area (Å²) < 4.78 is 1.91. The quantitative estimate of drug-likeness (QED) is 0.916. The molecule has 136 valence electrons. The molecule has 0 spiro atoms. The van der Waals surface area contributed by atoms with E-state index in [0.717, 1.165) is 31.2 Å². The van der Waals surface area contributed by atoms with Crippen LogP contribution in [0.2, 0.25) is 0 Å². The van der Waals surface area contributed by atoms with E-state index < -0.39 is 6.04 Å². The molecule has 1 atom stereocenters. The number of aromatic nitrogens is 3. The minimum atomic E-state index is -0.472. The lowest BCUT2D eigenvalue weighted by atomic mass is 9.99. The van der Waals surface area contributed by atoms with Crippen molar-refractivity contribution in [3.63, 3.8) is 0 Å². The normalized spacial score (nSPS) is 20.0. The summed E-state index contributed by atoms with van der Waals surface area (Å²) in [6.45, 7) is 2.52. The highest BCUT2D eigenvalue weighted by Gasteiger charge is 2.34. The van der Waals surface area contributed by atoms with Crippen LogP contribution < -0.4 is 5.32 Å². The summed E-state index contributed by atoms with van der Waals surface area (Å²) in [5.74, 6) is 0.222. The van der Waals surface area contributed by atoms with E-state index in [1.807, 2.05) is 35.8 Å². The average Bonchev–Trinajstić information content (AvgIpc) is 3.41. The number of piperidine rings is 1. The third kappa shape index (κ3) is 3.21. The molecule has 2 aliphatic rings. The Kier molecular flexibility index (Phi) is 4.44. The van der Waals surface area contributed by atoms with Gasteiger partial charge in [-0.05, 0) is 50.7 Å². The van der Waals surface area contributed by atoms with Crippen molar-refractivity contribution in [1.82, 2.24) is 19.7 Å². The Morgan fingerprint density at radius 1 is 1.15 bits per heavy atom. The maximum Gasteiger partial charge on any atom is 0.254 e. The van der Waals surface area contributed by atoms with Crippen LogP contribution in [0.15, 0.2) is 30.6 Å². The van der Waals surface area contributed by atoms with Crippen LogP contribution in [0.4, 0.5) is 5.95 Å². The monoisotopic (exact) mass is 353 g/mol. The Bertz CT molecular complexity index is 827. The predicted octanol–water partition coefficient (Wildman–Crippen LogP) is 2.55. The summed E-state index contributed by atoms with van der Waals surface area (Å²) in [6.07, 6.45) is 6.35. The van der Waals surface area contributed by atoms with E-state index in [9.17, 15) is 9.59 Å². The van der Waals surface area contributed by atoms with E-state index in [2.05, 4.69) is 15.5 Å². The molecule has 1 unspecified atom stereocenters. The van der Waals surface area contributed by atoms with Gasteiger partial charge in [0.15, 0.2) is 0 Å². The Labute approximate surface area is 152 Å². The SMILES string of the molecule is Cc1ccccc1C(=O)N1CCCCC1C(=O)Nc1nncn1C1CC1. The van der Waals surface area contributed by atoms with Gasteiger partial charge in [0.25, 0.3) is 5.91 Å². The number of carbonyl (C=O) groups is 2. The number of carbonyl (C=O) groups excluding carboxylic acids is 2. The summed E-state index contributed by atoms with van der Waals surface area (Å²) in [5, 5.41) is 10.8. The van der Waals surface area contributed by atoms with Crippen LogP contribution in [-0.4, -0.2) is 44.1 Å². The fourth-order valence-electron chi connectivity index (χ4n) is 3.56. The third-order valence-electron chi connectivity index (χ3n) is 5.19. The topological polar surface area (TPSA) is 80.1 Å². The van der Waals surface area contributed by atoms with Gasteiger partial charge >= 0.3 is 0 Å². The fourth-order valence-corrected chi connectivity index (χ4v) is 3.56. The number of benzene rings is 1. The van der Waals surface area contributed by atoms with Gasteiger partial charge in [-0.2, -0.15) is 0 Å². The summed E-state index contributed by atoms with van der Waals surface area (Å²) in [6, 6.07) is 7.43. The van der Waals surface area contributed by atoms with Gasteiger partial charge in [-0.15, -0.1) is 10.2 Å². The zero-order valence-corrected chi connectivity index (χ0v) is 14.9. The van der Waals surface area contributed by atoms with Gasteiger partial charge in [0, 0.05) is 18.2 Å². The number of nitrogens with one attached hydrogen (secondary N) is 1. The van der Waals surface area contributed by atoms with Gasteiger partial charge in [0.2, 0.25) is 11.9 Å². The van der Waals surface area contributed by atoms with Crippen LogP contribution >= 0.6 is 0 Å². The zero-order chi connectivity index (χ0) is 18.1. The smallest absolute Gasteiger partial charge is 0.254 e. The van der Waals surface area contributed by atoms with E-state index in [-0.39, 0.29) is 11.8 Å². The second kappa shape index (κ2) is 6.90. The molecule has 2 amide bonds. The molecule has 26 heavy (non-hydrogen) atoms. The second-order valence-electron chi connectivity index (χ2n) is 7.11. The molecule has 7 heteroatoms.